The Kier molecular flexibility index (Phi) is 4.49. The molecule has 4 aliphatic rings. The highest BCUT2D eigenvalue weighted by atomic mass is 16.2. The zero-order chi connectivity index (χ0) is 24.4. The number of rotatable bonds is 3. The molecule has 4 heterocycles. The number of amides is 3. The standard InChI is InChI=1S/C28H25N5O3/c34-23-9-7-17-14-33(22-5-1-4-21(31-23)25(17)22)15-24(35)30-19-8-6-16-12-28(13-18(16)11-19)20-3-2-10-29-26(20)32-27(28)36/h1-6,8,10-11,17H,7,9,12-15H2,(H,30,35)(H,31,34)(H,29,32,36)/t17?,28-/m0/s1. The van der Waals surface area contributed by atoms with E-state index < -0.39 is 5.41 Å². The Morgan fingerprint density at radius 3 is 2.89 bits per heavy atom. The molecule has 0 bridgehead atoms. The molecule has 180 valence electrons. The number of pyridine rings is 1. The minimum atomic E-state index is -0.624. The molecule has 1 aromatic heterocycles. The lowest BCUT2D eigenvalue weighted by Gasteiger charge is -2.20. The first-order valence-corrected chi connectivity index (χ1v) is 12.4. The van der Waals surface area contributed by atoms with E-state index in [0.29, 0.717) is 25.1 Å². The highest BCUT2D eigenvalue weighted by Crippen LogP contribution is 2.47. The number of hydrogen-bond donors (Lipinski definition) is 3. The molecule has 3 aromatic rings. The van der Waals surface area contributed by atoms with Gasteiger partial charge in [0.05, 0.1) is 12.0 Å². The lowest BCUT2D eigenvalue weighted by Crippen LogP contribution is -2.35. The number of aromatic nitrogens is 1. The van der Waals surface area contributed by atoms with Crippen LogP contribution in [0.3, 0.4) is 0 Å². The van der Waals surface area contributed by atoms with Gasteiger partial charge in [-0.3, -0.25) is 14.4 Å². The summed E-state index contributed by atoms with van der Waals surface area (Å²) in [6, 6.07) is 15.7. The maximum absolute atomic E-state index is 13.1. The highest BCUT2D eigenvalue weighted by molar-refractivity contribution is 6.06. The third kappa shape index (κ3) is 3.13. The smallest absolute Gasteiger partial charge is 0.243 e. The van der Waals surface area contributed by atoms with Gasteiger partial charge in [0.25, 0.3) is 0 Å². The summed E-state index contributed by atoms with van der Waals surface area (Å²) in [5.74, 6) is 0.845. The largest absolute Gasteiger partial charge is 0.361 e. The second kappa shape index (κ2) is 7.65. The Morgan fingerprint density at radius 2 is 1.97 bits per heavy atom. The van der Waals surface area contributed by atoms with Gasteiger partial charge < -0.3 is 20.9 Å². The first-order chi connectivity index (χ1) is 17.5. The highest BCUT2D eigenvalue weighted by Gasteiger charge is 2.51. The summed E-state index contributed by atoms with van der Waals surface area (Å²) >= 11 is 0. The Bertz CT molecular complexity index is 1470. The van der Waals surface area contributed by atoms with Gasteiger partial charge in [0.2, 0.25) is 17.7 Å². The van der Waals surface area contributed by atoms with Gasteiger partial charge in [-0.05, 0) is 60.7 Å². The summed E-state index contributed by atoms with van der Waals surface area (Å²) in [7, 11) is 0. The van der Waals surface area contributed by atoms with Crippen LogP contribution in [0, 0.1) is 0 Å². The van der Waals surface area contributed by atoms with Crippen LogP contribution in [0.2, 0.25) is 0 Å². The predicted molar refractivity (Wildman–Crippen MR) is 136 cm³/mol. The zero-order valence-electron chi connectivity index (χ0n) is 19.6. The van der Waals surface area contributed by atoms with Gasteiger partial charge in [-0.1, -0.05) is 18.2 Å². The van der Waals surface area contributed by atoms with Gasteiger partial charge in [0.15, 0.2) is 0 Å². The van der Waals surface area contributed by atoms with Crippen LogP contribution in [-0.2, 0) is 32.6 Å². The predicted octanol–water partition coefficient (Wildman–Crippen LogP) is 3.34. The van der Waals surface area contributed by atoms with Gasteiger partial charge in [-0.2, -0.15) is 0 Å². The van der Waals surface area contributed by atoms with E-state index in [0.717, 1.165) is 52.3 Å². The summed E-state index contributed by atoms with van der Waals surface area (Å²) in [6.07, 6.45) is 4.19. The molecule has 8 nitrogen and oxygen atoms in total. The fraction of sp³-hybridized carbons (Fsp3) is 0.286. The van der Waals surface area contributed by atoms with E-state index >= 15 is 0 Å². The van der Waals surface area contributed by atoms with Crippen molar-refractivity contribution < 1.29 is 14.4 Å². The Labute approximate surface area is 208 Å². The number of fused-ring (bicyclic) bond motifs is 3. The third-order valence-corrected chi connectivity index (χ3v) is 8.07. The Morgan fingerprint density at radius 1 is 1.08 bits per heavy atom. The number of anilines is 4. The molecule has 1 aliphatic carbocycles. The van der Waals surface area contributed by atoms with E-state index in [1.165, 1.54) is 0 Å². The summed E-state index contributed by atoms with van der Waals surface area (Å²) in [4.78, 5) is 44.5. The van der Waals surface area contributed by atoms with Crippen molar-refractivity contribution in [3.8, 4) is 0 Å². The molecule has 8 heteroatoms. The first-order valence-electron chi connectivity index (χ1n) is 12.4. The molecule has 3 amide bonds. The SMILES string of the molecule is O=C(CN1CC2CCC(=O)Nc3cccc1c32)Nc1ccc2c(c1)C[C@]1(C2)C(=O)Nc2ncccc21. The van der Waals surface area contributed by atoms with Gasteiger partial charge in [-0.15, -0.1) is 0 Å². The summed E-state index contributed by atoms with van der Waals surface area (Å²) in [5, 5.41) is 9.00. The number of carbonyl (C=O) groups excluding carboxylic acids is 3. The van der Waals surface area contributed by atoms with E-state index in [1.807, 2.05) is 48.5 Å². The van der Waals surface area contributed by atoms with Crippen molar-refractivity contribution >= 4 is 40.6 Å². The van der Waals surface area contributed by atoms with Crippen LogP contribution in [0.5, 0.6) is 0 Å². The minimum absolute atomic E-state index is 0.0102. The van der Waals surface area contributed by atoms with Crippen LogP contribution >= 0.6 is 0 Å². The molecule has 1 spiro atoms. The molecule has 3 aliphatic heterocycles. The Balaban J connectivity index is 1.09. The third-order valence-electron chi connectivity index (χ3n) is 8.07. The van der Waals surface area contributed by atoms with Crippen LogP contribution in [0.25, 0.3) is 0 Å². The van der Waals surface area contributed by atoms with Crippen molar-refractivity contribution in [2.45, 2.75) is 37.0 Å². The van der Waals surface area contributed by atoms with Crippen molar-refractivity contribution in [1.82, 2.24) is 4.98 Å². The monoisotopic (exact) mass is 479 g/mol. The van der Waals surface area contributed by atoms with Crippen LogP contribution in [0.4, 0.5) is 22.9 Å². The summed E-state index contributed by atoms with van der Waals surface area (Å²) < 4.78 is 0. The molecule has 0 fully saturated rings. The maximum Gasteiger partial charge on any atom is 0.243 e. The lowest BCUT2D eigenvalue weighted by molar-refractivity contribution is -0.120. The van der Waals surface area contributed by atoms with Crippen molar-refractivity contribution in [2.75, 3.05) is 33.9 Å². The first kappa shape index (κ1) is 21.1. The van der Waals surface area contributed by atoms with Crippen LogP contribution < -0.4 is 20.9 Å². The van der Waals surface area contributed by atoms with E-state index in [9.17, 15) is 14.4 Å². The normalized spacial score (nSPS) is 23.0. The second-order valence-electron chi connectivity index (χ2n) is 10.2. The molecule has 0 saturated carbocycles. The fourth-order valence-corrected chi connectivity index (χ4v) is 6.44. The molecule has 36 heavy (non-hydrogen) atoms. The Hall–Kier alpha value is -4.20. The zero-order valence-corrected chi connectivity index (χ0v) is 19.6. The van der Waals surface area contributed by atoms with Crippen LogP contribution in [-0.4, -0.2) is 35.8 Å². The molecule has 1 unspecified atom stereocenters. The van der Waals surface area contributed by atoms with Gasteiger partial charge in [0, 0.05) is 53.3 Å². The number of hydrogen-bond acceptors (Lipinski definition) is 5. The quantitative estimate of drug-likeness (QED) is 0.535. The van der Waals surface area contributed by atoms with Crippen LogP contribution in [0.1, 0.15) is 41.0 Å². The maximum atomic E-state index is 13.1. The molecule has 2 atom stereocenters. The fourth-order valence-electron chi connectivity index (χ4n) is 6.44. The molecule has 3 N–H and O–H groups in total. The molecule has 0 saturated heterocycles. The van der Waals surface area contributed by atoms with Crippen molar-refractivity contribution in [1.29, 1.82) is 0 Å². The lowest BCUT2D eigenvalue weighted by atomic mass is 9.79. The molecular weight excluding hydrogens is 454 g/mol. The van der Waals surface area contributed by atoms with E-state index in [1.54, 1.807) is 6.20 Å². The van der Waals surface area contributed by atoms with E-state index in [-0.39, 0.29) is 30.2 Å². The number of nitrogens with zero attached hydrogens (tertiary/aromatic N) is 2. The summed E-state index contributed by atoms with van der Waals surface area (Å²) in [5.41, 5.74) is 6.29. The van der Waals surface area contributed by atoms with Gasteiger partial charge >= 0.3 is 0 Å². The minimum Gasteiger partial charge on any atom is -0.361 e. The number of nitrogens with one attached hydrogen (secondary N) is 3. The topological polar surface area (TPSA) is 103 Å². The molecule has 2 aromatic carbocycles. The second-order valence-corrected chi connectivity index (χ2v) is 10.2. The summed E-state index contributed by atoms with van der Waals surface area (Å²) in [6.45, 7) is 0.966. The van der Waals surface area contributed by atoms with E-state index in [2.05, 4.69) is 25.8 Å². The van der Waals surface area contributed by atoms with Crippen molar-refractivity contribution in [2.24, 2.45) is 0 Å². The van der Waals surface area contributed by atoms with Gasteiger partial charge in [0.1, 0.15) is 5.82 Å². The van der Waals surface area contributed by atoms with E-state index in [4.69, 9.17) is 0 Å². The molecule has 7 rings (SSSR count). The number of benzene rings is 2. The molecular formula is C28H25N5O3. The average molecular weight is 480 g/mol. The number of carbonyl (C=O) groups is 3. The van der Waals surface area contributed by atoms with Gasteiger partial charge in [-0.25, -0.2) is 4.98 Å². The van der Waals surface area contributed by atoms with Crippen LogP contribution in [0.15, 0.2) is 54.7 Å². The van der Waals surface area contributed by atoms with Crippen molar-refractivity contribution in [3.05, 3.63) is 77.0 Å². The average Bonchev–Trinajstić information content (AvgIpc) is 3.46. The van der Waals surface area contributed by atoms with Crippen molar-refractivity contribution in [3.63, 3.8) is 0 Å². The molecule has 0 radical (unpaired) electrons.